The molecule has 1 atom stereocenters. The number of alkyl halides is 1. The van der Waals surface area contributed by atoms with E-state index < -0.39 is 0 Å². The topological polar surface area (TPSA) is 29.5 Å². The smallest absolute Gasteiger partial charge is 0.222 e. The highest BCUT2D eigenvalue weighted by atomic mass is 35.5. The van der Waals surface area contributed by atoms with Crippen LogP contribution in [0.25, 0.3) is 0 Å². The van der Waals surface area contributed by atoms with Gasteiger partial charge in [0.1, 0.15) is 0 Å². The molecule has 0 saturated carbocycles. The van der Waals surface area contributed by atoms with Crippen molar-refractivity contribution in [2.75, 3.05) is 26.1 Å². The van der Waals surface area contributed by atoms with Gasteiger partial charge in [-0.1, -0.05) is 0 Å². The van der Waals surface area contributed by atoms with Crippen LogP contribution in [-0.2, 0) is 9.53 Å². The Balaban J connectivity index is 2.28. The van der Waals surface area contributed by atoms with Crippen molar-refractivity contribution >= 4 is 17.5 Å². The number of carbonyl (C=O) groups excluding carboxylic acids is 1. The van der Waals surface area contributed by atoms with Crippen molar-refractivity contribution in [3.05, 3.63) is 0 Å². The van der Waals surface area contributed by atoms with Crippen molar-refractivity contribution in [2.24, 2.45) is 0 Å². The first-order valence-corrected chi connectivity index (χ1v) is 5.18. The lowest BCUT2D eigenvalue weighted by atomic mass is 10.2. The Labute approximate surface area is 84.0 Å². The van der Waals surface area contributed by atoms with Crippen LogP contribution >= 0.6 is 11.6 Å². The quantitative estimate of drug-likeness (QED) is 0.647. The summed E-state index contributed by atoms with van der Waals surface area (Å²) in [4.78, 5) is 13.3. The summed E-state index contributed by atoms with van der Waals surface area (Å²) in [5.74, 6) is 0.733. The zero-order valence-electron chi connectivity index (χ0n) is 7.96. The van der Waals surface area contributed by atoms with E-state index >= 15 is 0 Å². The van der Waals surface area contributed by atoms with Crippen molar-refractivity contribution < 1.29 is 9.53 Å². The number of rotatable bonds is 4. The van der Waals surface area contributed by atoms with E-state index in [1.54, 1.807) is 4.90 Å². The minimum Gasteiger partial charge on any atom is -0.379 e. The number of halogens is 1. The van der Waals surface area contributed by atoms with Crippen molar-refractivity contribution in [1.82, 2.24) is 4.90 Å². The summed E-state index contributed by atoms with van der Waals surface area (Å²) in [6.07, 6.45) is 2.28. The molecule has 0 aromatic rings. The molecule has 1 fully saturated rings. The lowest BCUT2D eigenvalue weighted by Crippen LogP contribution is -2.37. The van der Waals surface area contributed by atoms with Gasteiger partial charge in [-0.25, -0.2) is 0 Å². The fourth-order valence-corrected chi connectivity index (χ4v) is 1.56. The second-order valence-corrected chi connectivity index (χ2v) is 3.69. The Bertz CT molecular complexity index is 169. The van der Waals surface area contributed by atoms with Gasteiger partial charge in [0.2, 0.25) is 5.91 Å². The van der Waals surface area contributed by atoms with E-state index in [0.29, 0.717) is 18.9 Å². The van der Waals surface area contributed by atoms with E-state index in [9.17, 15) is 4.79 Å². The molecule has 0 spiro atoms. The Morgan fingerprint density at radius 1 is 1.69 bits per heavy atom. The largest absolute Gasteiger partial charge is 0.379 e. The average molecular weight is 206 g/mol. The van der Waals surface area contributed by atoms with E-state index in [-0.39, 0.29) is 11.9 Å². The Hall–Kier alpha value is -0.280. The Kier molecular flexibility index (Phi) is 4.53. The molecule has 3 nitrogen and oxygen atoms in total. The Morgan fingerprint density at radius 2 is 2.46 bits per heavy atom. The summed E-state index contributed by atoms with van der Waals surface area (Å²) in [5.41, 5.74) is 0. The Morgan fingerprint density at radius 3 is 3.00 bits per heavy atom. The summed E-state index contributed by atoms with van der Waals surface area (Å²) in [6.45, 7) is 1.46. The molecule has 1 saturated heterocycles. The zero-order valence-corrected chi connectivity index (χ0v) is 8.72. The lowest BCUT2D eigenvalue weighted by molar-refractivity contribution is -0.132. The third kappa shape index (κ3) is 3.16. The number of hydrogen-bond acceptors (Lipinski definition) is 2. The summed E-state index contributed by atoms with van der Waals surface area (Å²) in [7, 11) is 1.84. The molecular weight excluding hydrogens is 190 g/mol. The molecule has 0 aliphatic carbocycles. The fourth-order valence-electron chi connectivity index (χ4n) is 1.43. The summed E-state index contributed by atoms with van der Waals surface area (Å²) >= 11 is 5.51. The molecule has 0 radical (unpaired) electrons. The first-order valence-electron chi connectivity index (χ1n) is 4.65. The normalized spacial score (nSPS) is 21.8. The van der Waals surface area contributed by atoms with Crippen molar-refractivity contribution in [2.45, 2.75) is 25.3 Å². The minimum atomic E-state index is 0.177. The number of carbonyl (C=O) groups is 1. The summed E-state index contributed by atoms with van der Waals surface area (Å²) < 4.78 is 5.21. The van der Waals surface area contributed by atoms with Crippen molar-refractivity contribution in [3.8, 4) is 0 Å². The second-order valence-electron chi connectivity index (χ2n) is 3.31. The molecule has 13 heavy (non-hydrogen) atoms. The second kappa shape index (κ2) is 5.45. The first kappa shape index (κ1) is 10.8. The van der Waals surface area contributed by atoms with E-state index in [0.717, 1.165) is 19.4 Å². The number of likely N-dealkylation sites (N-methyl/N-ethyl adjacent to an activating group) is 1. The molecule has 0 N–H and O–H groups in total. The molecule has 1 aliphatic heterocycles. The van der Waals surface area contributed by atoms with Crippen molar-refractivity contribution in [1.29, 1.82) is 0 Å². The molecule has 0 bridgehead atoms. The van der Waals surface area contributed by atoms with Gasteiger partial charge in [0.15, 0.2) is 0 Å². The van der Waals surface area contributed by atoms with Gasteiger partial charge in [-0.15, -0.1) is 11.6 Å². The van der Waals surface area contributed by atoms with E-state index in [1.807, 2.05) is 7.05 Å². The minimum absolute atomic E-state index is 0.177. The van der Waals surface area contributed by atoms with Crippen LogP contribution in [0.15, 0.2) is 0 Å². The van der Waals surface area contributed by atoms with Gasteiger partial charge in [-0.05, 0) is 12.8 Å². The van der Waals surface area contributed by atoms with Crippen LogP contribution in [0.5, 0.6) is 0 Å². The number of ether oxygens (including phenoxy) is 1. The highest BCUT2D eigenvalue weighted by Crippen LogP contribution is 2.12. The molecule has 1 amide bonds. The number of hydrogen-bond donors (Lipinski definition) is 0. The van der Waals surface area contributed by atoms with Crippen molar-refractivity contribution in [3.63, 3.8) is 0 Å². The van der Waals surface area contributed by atoms with Crippen LogP contribution in [0, 0.1) is 0 Å². The van der Waals surface area contributed by atoms with Crippen LogP contribution in [0.1, 0.15) is 19.3 Å². The van der Waals surface area contributed by atoms with Gasteiger partial charge in [-0.2, -0.15) is 0 Å². The highest BCUT2D eigenvalue weighted by molar-refractivity contribution is 6.17. The molecule has 0 aromatic heterocycles. The maximum Gasteiger partial charge on any atom is 0.222 e. The molecule has 4 heteroatoms. The molecule has 0 aromatic carbocycles. The monoisotopic (exact) mass is 205 g/mol. The molecule has 1 rings (SSSR count). The fraction of sp³-hybridized carbons (Fsp3) is 0.889. The molecular formula is C9H16ClNO2. The van der Waals surface area contributed by atoms with Gasteiger partial charge in [0.25, 0.3) is 0 Å². The maximum atomic E-state index is 11.5. The average Bonchev–Trinajstić information content (AvgIpc) is 2.65. The van der Waals surface area contributed by atoms with Crippen LogP contribution in [-0.4, -0.2) is 43.0 Å². The first-order chi connectivity index (χ1) is 6.25. The standard InChI is InChI=1S/C9H16ClNO2/c1-11(8-4-6-13-7-8)9(12)3-2-5-10/h8H,2-7H2,1H3. The third-order valence-corrected chi connectivity index (χ3v) is 2.64. The predicted molar refractivity (Wildman–Crippen MR) is 51.9 cm³/mol. The zero-order chi connectivity index (χ0) is 9.68. The summed E-state index contributed by atoms with van der Waals surface area (Å²) in [5, 5.41) is 0. The van der Waals surface area contributed by atoms with Gasteiger partial charge in [0, 0.05) is 26.0 Å². The molecule has 76 valence electrons. The third-order valence-electron chi connectivity index (χ3n) is 2.37. The van der Waals surface area contributed by atoms with Crippen LogP contribution < -0.4 is 0 Å². The predicted octanol–water partition coefficient (Wildman–Crippen LogP) is 1.25. The van der Waals surface area contributed by atoms with Crippen LogP contribution in [0.4, 0.5) is 0 Å². The lowest BCUT2D eigenvalue weighted by Gasteiger charge is -2.22. The van der Waals surface area contributed by atoms with E-state index in [1.165, 1.54) is 0 Å². The van der Waals surface area contributed by atoms with Gasteiger partial charge >= 0.3 is 0 Å². The van der Waals surface area contributed by atoms with Gasteiger partial charge in [0.05, 0.1) is 12.6 Å². The van der Waals surface area contributed by atoms with Crippen LogP contribution in [0.3, 0.4) is 0 Å². The maximum absolute atomic E-state index is 11.5. The molecule has 1 heterocycles. The molecule has 1 unspecified atom stereocenters. The van der Waals surface area contributed by atoms with Gasteiger partial charge < -0.3 is 9.64 Å². The number of nitrogens with zero attached hydrogens (tertiary/aromatic N) is 1. The molecule has 1 aliphatic rings. The number of amides is 1. The van der Waals surface area contributed by atoms with Crippen LogP contribution in [0.2, 0.25) is 0 Å². The van der Waals surface area contributed by atoms with E-state index in [4.69, 9.17) is 16.3 Å². The highest BCUT2D eigenvalue weighted by Gasteiger charge is 2.23. The SMILES string of the molecule is CN(C(=O)CCCCl)C1CCOC1. The summed E-state index contributed by atoms with van der Waals surface area (Å²) in [6, 6.07) is 0.280. The van der Waals surface area contributed by atoms with Gasteiger partial charge in [-0.3, -0.25) is 4.79 Å². The van der Waals surface area contributed by atoms with E-state index in [2.05, 4.69) is 0 Å².